The van der Waals surface area contributed by atoms with Crippen molar-refractivity contribution in [3.8, 4) is 0 Å². The van der Waals surface area contributed by atoms with Crippen LogP contribution in [0.4, 0.5) is 0 Å². The van der Waals surface area contributed by atoms with E-state index in [-0.39, 0.29) is 6.10 Å². The van der Waals surface area contributed by atoms with Gasteiger partial charge in [-0.1, -0.05) is 57.2 Å². The number of benzene rings is 1. The van der Waals surface area contributed by atoms with Gasteiger partial charge in [-0.2, -0.15) is 0 Å². The van der Waals surface area contributed by atoms with E-state index in [0.29, 0.717) is 0 Å². The van der Waals surface area contributed by atoms with Crippen LogP contribution in [0.15, 0.2) is 36.4 Å². The molecule has 0 fully saturated rings. The molecule has 0 N–H and O–H groups in total. The molecule has 0 aliphatic carbocycles. The number of rotatable bonds is 2. The highest BCUT2D eigenvalue weighted by Gasteiger charge is 2.12. The lowest BCUT2D eigenvalue weighted by Crippen LogP contribution is -2.02. The van der Waals surface area contributed by atoms with E-state index in [2.05, 4.69) is 43.3 Å². The van der Waals surface area contributed by atoms with Gasteiger partial charge in [0.2, 0.25) is 0 Å². The highest BCUT2D eigenvalue weighted by molar-refractivity contribution is 5.24. The molecule has 1 aromatic rings. The maximum Gasteiger partial charge on any atom is 0.0832 e. The zero-order valence-electron chi connectivity index (χ0n) is 11.3. The lowest BCUT2D eigenvalue weighted by Gasteiger charge is -2.15. The van der Waals surface area contributed by atoms with Gasteiger partial charge in [0.15, 0.2) is 0 Å². The van der Waals surface area contributed by atoms with Gasteiger partial charge < -0.3 is 4.74 Å². The van der Waals surface area contributed by atoms with Gasteiger partial charge in [0.25, 0.3) is 0 Å². The largest absolute Gasteiger partial charge is 0.369 e. The summed E-state index contributed by atoms with van der Waals surface area (Å²) in [5.74, 6) is 0. The van der Waals surface area contributed by atoms with Crippen molar-refractivity contribution in [1.29, 1.82) is 0 Å². The first-order valence-electron chi connectivity index (χ1n) is 6.75. The molecule has 0 saturated carbocycles. The molecule has 1 heteroatoms. The summed E-state index contributed by atoms with van der Waals surface area (Å²) in [5.41, 5.74) is 2.71. The lowest BCUT2D eigenvalue weighted by atomic mass is 10.0. The zero-order chi connectivity index (χ0) is 12.5. The quantitative estimate of drug-likeness (QED) is 0.672. The van der Waals surface area contributed by atoms with Crippen LogP contribution < -0.4 is 0 Å². The summed E-state index contributed by atoms with van der Waals surface area (Å²) in [6.07, 6.45) is 7.93. The van der Waals surface area contributed by atoms with E-state index < -0.39 is 0 Å². The van der Waals surface area contributed by atoms with Crippen molar-refractivity contribution < 1.29 is 4.74 Å². The molecule has 17 heavy (non-hydrogen) atoms. The normalized spacial score (nSPS) is 19.1. The molecule has 1 aromatic carbocycles. The molecule has 0 bridgehead atoms. The molecule has 1 nitrogen and oxygen atoms in total. The molecule has 0 aromatic heterocycles. The Kier molecular flexibility index (Phi) is 6.64. The van der Waals surface area contributed by atoms with Crippen LogP contribution in [0.3, 0.4) is 0 Å². The van der Waals surface area contributed by atoms with Crippen LogP contribution in [0.1, 0.15) is 50.8 Å². The Bertz CT molecular complexity index is 314. The Morgan fingerprint density at radius 1 is 1.12 bits per heavy atom. The van der Waals surface area contributed by atoms with E-state index in [1.54, 1.807) is 0 Å². The SMILES string of the molecule is CC.CCc1ccc(C2CCC=CCO2)cc1. The summed E-state index contributed by atoms with van der Waals surface area (Å²) in [4.78, 5) is 0. The highest BCUT2D eigenvalue weighted by Crippen LogP contribution is 2.25. The van der Waals surface area contributed by atoms with Crippen LogP contribution in [0.2, 0.25) is 0 Å². The lowest BCUT2D eigenvalue weighted by molar-refractivity contribution is 0.0725. The Balaban J connectivity index is 0.000000686. The smallest absolute Gasteiger partial charge is 0.0832 e. The van der Waals surface area contributed by atoms with Crippen LogP contribution in [0, 0.1) is 0 Å². The van der Waals surface area contributed by atoms with Gasteiger partial charge in [-0.15, -0.1) is 0 Å². The van der Waals surface area contributed by atoms with Crippen molar-refractivity contribution in [3.05, 3.63) is 47.5 Å². The average Bonchev–Trinajstić information content (AvgIpc) is 2.70. The van der Waals surface area contributed by atoms with Crippen LogP contribution in [-0.4, -0.2) is 6.61 Å². The molecule has 0 spiro atoms. The van der Waals surface area contributed by atoms with Crippen LogP contribution in [0.25, 0.3) is 0 Å². The van der Waals surface area contributed by atoms with Crippen LogP contribution in [-0.2, 0) is 11.2 Å². The Morgan fingerprint density at radius 3 is 2.47 bits per heavy atom. The van der Waals surface area contributed by atoms with Crippen molar-refractivity contribution in [2.45, 2.75) is 46.1 Å². The van der Waals surface area contributed by atoms with Gasteiger partial charge in [0.05, 0.1) is 12.7 Å². The monoisotopic (exact) mass is 232 g/mol. The van der Waals surface area contributed by atoms with Crippen molar-refractivity contribution in [2.75, 3.05) is 6.61 Å². The van der Waals surface area contributed by atoms with Gasteiger partial charge in [-0.05, 0) is 30.4 Å². The molecule has 1 aliphatic heterocycles. The first-order valence-corrected chi connectivity index (χ1v) is 6.75. The number of ether oxygens (including phenoxy) is 1. The van der Waals surface area contributed by atoms with Crippen molar-refractivity contribution in [1.82, 2.24) is 0 Å². The second kappa shape index (κ2) is 8.08. The van der Waals surface area contributed by atoms with Gasteiger partial charge in [-0.3, -0.25) is 0 Å². The Morgan fingerprint density at radius 2 is 1.82 bits per heavy atom. The molecule has 0 saturated heterocycles. The van der Waals surface area contributed by atoms with Gasteiger partial charge in [0.1, 0.15) is 0 Å². The summed E-state index contributed by atoms with van der Waals surface area (Å²) in [6, 6.07) is 8.82. The fourth-order valence-electron chi connectivity index (χ4n) is 1.92. The van der Waals surface area contributed by atoms with E-state index in [4.69, 9.17) is 4.74 Å². The zero-order valence-corrected chi connectivity index (χ0v) is 11.3. The minimum absolute atomic E-state index is 0.283. The second-order valence-electron chi connectivity index (χ2n) is 3.97. The van der Waals surface area contributed by atoms with Crippen molar-refractivity contribution in [2.24, 2.45) is 0 Å². The second-order valence-corrected chi connectivity index (χ2v) is 3.97. The average molecular weight is 232 g/mol. The molecule has 1 unspecified atom stereocenters. The predicted molar refractivity (Wildman–Crippen MR) is 74.2 cm³/mol. The molecule has 1 aliphatic rings. The number of allylic oxidation sites excluding steroid dienone is 1. The summed E-state index contributed by atoms with van der Waals surface area (Å²) in [5, 5.41) is 0. The molecule has 0 radical (unpaired) electrons. The molecular weight excluding hydrogens is 208 g/mol. The van der Waals surface area contributed by atoms with Crippen molar-refractivity contribution in [3.63, 3.8) is 0 Å². The molecular formula is C16H24O. The molecule has 0 amide bonds. The molecule has 1 heterocycles. The summed E-state index contributed by atoms with van der Waals surface area (Å²) < 4.78 is 5.78. The minimum atomic E-state index is 0.283. The standard InChI is InChI=1S/C14H18O.C2H6/c1-2-12-7-9-13(10-8-12)14-6-4-3-5-11-15-14;1-2/h3,5,7-10,14H,2,4,6,11H2,1H3;1-2H3. The summed E-state index contributed by atoms with van der Waals surface area (Å²) >= 11 is 0. The fraction of sp³-hybridized carbons (Fsp3) is 0.500. The Hall–Kier alpha value is -1.08. The van der Waals surface area contributed by atoms with E-state index >= 15 is 0 Å². The van der Waals surface area contributed by atoms with E-state index in [1.165, 1.54) is 11.1 Å². The molecule has 94 valence electrons. The topological polar surface area (TPSA) is 9.23 Å². The predicted octanol–water partition coefficient (Wildman–Crippen LogP) is 4.68. The fourth-order valence-corrected chi connectivity index (χ4v) is 1.92. The number of hydrogen-bond acceptors (Lipinski definition) is 1. The van der Waals surface area contributed by atoms with Crippen LogP contribution >= 0.6 is 0 Å². The third-order valence-corrected chi connectivity index (χ3v) is 2.92. The van der Waals surface area contributed by atoms with E-state index in [1.807, 2.05) is 13.8 Å². The Labute approximate surface area is 106 Å². The van der Waals surface area contributed by atoms with Gasteiger partial charge in [0, 0.05) is 0 Å². The van der Waals surface area contributed by atoms with E-state index in [0.717, 1.165) is 25.9 Å². The maximum atomic E-state index is 5.78. The molecule has 2 rings (SSSR count). The minimum Gasteiger partial charge on any atom is -0.369 e. The van der Waals surface area contributed by atoms with Gasteiger partial charge in [-0.25, -0.2) is 0 Å². The number of aryl methyl sites for hydroxylation is 1. The van der Waals surface area contributed by atoms with Gasteiger partial charge >= 0.3 is 0 Å². The summed E-state index contributed by atoms with van der Waals surface area (Å²) in [7, 11) is 0. The number of hydrogen-bond donors (Lipinski definition) is 0. The third-order valence-electron chi connectivity index (χ3n) is 2.92. The summed E-state index contributed by atoms with van der Waals surface area (Å²) in [6.45, 7) is 6.93. The molecule has 1 atom stereocenters. The van der Waals surface area contributed by atoms with Crippen LogP contribution in [0.5, 0.6) is 0 Å². The first-order chi connectivity index (χ1) is 8.40. The maximum absolute atomic E-state index is 5.78. The first kappa shape index (κ1) is 14.0. The van der Waals surface area contributed by atoms with E-state index in [9.17, 15) is 0 Å². The van der Waals surface area contributed by atoms with Crippen molar-refractivity contribution >= 4 is 0 Å². The third kappa shape index (κ3) is 4.35. The highest BCUT2D eigenvalue weighted by atomic mass is 16.5.